The van der Waals surface area contributed by atoms with Crippen LogP contribution in [0.1, 0.15) is 25.7 Å². The summed E-state index contributed by atoms with van der Waals surface area (Å²) in [7, 11) is 0. The van der Waals surface area contributed by atoms with Crippen molar-refractivity contribution in [1.82, 2.24) is 9.55 Å². The molecule has 6 heteroatoms. The SMILES string of the molecule is O=C(Cn1c(=O)/c(=N/O)nc(-c2ccccc2)c2ccccc21)C1CCCC1. The van der Waals surface area contributed by atoms with Gasteiger partial charge in [0, 0.05) is 16.9 Å². The van der Waals surface area contributed by atoms with Gasteiger partial charge in [0.2, 0.25) is 0 Å². The molecular formula is C22H21N3O3. The molecule has 0 amide bonds. The van der Waals surface area contributed by atoms with Gasteiger partial charge >= 0.3 is 0 Å². The summed E-state index contributed by atoms with van der Waals surface area (Å²) in [6.07, 6.45) is 3.83. The molecule has 1 N–H and O–H groups in total. The van der Waals surface area contributed by atoms with Crippen LogP contribution in [0, 0.1) is 5.92 Å². The molecule has 1 aromatic heterocycles. The number of nitrogens with zero attached hydrogens (tertiary/aromatic N) is 3. The van der Waals surface area contributed by atoms with Crippen LogP contribution in [0.5, 0.6) is 0 Å². The second-order valence-electron chi connectivity index (χ2n) is 7.11. The average molecular weight is 375 g/mol. The van der Waals surface area contributed by atoms with Gasteiger partial charge in [-0.1, -0.05) is 66.5 Å². The van der Waals surface area contributed by atoms with Gasteiger partial charge in [0.05, 0.1) is 17.8 Å². The van der Waals surface area contributed by atoms with Crippen LogP contribution < -0.4 is 11.0 Å². The van der Waals surface area contributed by atoms with Gasteiger partial charge in [-0.15, -0.1) is 0 Å². The Morgan fingerprint density at radius 2 is 1.75 bits per heavy atom. The van der Waals surface area contributed by atoms with Crippen LogP contribution in [-0.2, 0) is 11.3 Å². The lowest BCUT2D eigenvalue weighted by Crippen LogP contribution is -2.36. The largest absolute Gasteiger partial charge is 0.409 e. The fourth-order valence-corrected chi connectivity index (χ4v) is 3.92. The molecule has 1 fully saturated rings. The highest BCUT2D eigenvalue weighted by molar-refractivity contribution is 5.93. The predicted octanol–water partition coefficient (Wildman–Crippen LogP) is 3.11. The lowest BCUT2D eigenvalue weighted by Gasteiger charge is -2.11. The lowest BCUT2D eigenvalue weighted by atomic mass is 10.0. The van der Waals surface area contributed by atoms with Crippen LogP contribution in [0.25, 0.3) is 22.2 Å². The van der Waals surface area contributed by atoms with Crippen molar-refractivity contribution in [1.29, 1.82) is 0 Å². The molecule has 0 saturated heterocycles. The quantitative estimate of drug-likeness (QED) is 0.561. The van der Waals surface area contributed by atoms with Gasteiger partial charge in [-0.2, -0.15) is 0 Å². The number of carbonyl (C=O) groups excluding carboxylic acids is 1. The minimum Gasteiger partial charge on any atom is -0.409 e. The predicted molar refractivity (Wildman–Crippen MR) is 106 cm³/mol. The first-order valence-corrected chi connectivity index (χ1v) is 9.49. The maximum atomic E-state index is 13.0. The maximum absolute atomic E-state index is 13.0. The zero-order valence-electron chi connectivity index (χ0n) is 15.4. The molecule has 28 heavy (non-hydrogen) atoms. The van der Waals surface area contributed by atoms with Crippen molar-refractivity contribution in [3.05, 3.63) is 70.4 Å². The highest BCUT2D eigenvalue weighted by Gasteiger charge is 2.24. The molecule has 1 saturated carbocycles. The fraction of sp³-hybridized carbons (Fsp3) is 0.273. The number of benzene rings is 2. The van der Waals surface area contributed by atoms with Crippen molar-refractivity contribution >= 4 is 16.7 Å². The molecular weight excluding hydrogens is 354 g/mol. The standard InChI is InChI=1S/C22H21N3O3/c26-19(15-8-4-5-9-15)14-25-18-13-7-6-12-17(18)20(16-10-2-1-3-11-16)23-21(24-28)22(25)27/h1-3,6-7,10-13,15,28H,4-5,8-9,14H2/b24-21-. The van der Waals surface area contributed by atoms with Crippen LogP contribution in [-0.4, -0.2) is 20.5 Å². The Hall–Kier alpha value is -3.28. The molecule has 0 unspecified atom stereocenters. The summed E-state index contributed by atoms with van der Waals surface area (Å²) >= 11 is 0. The minimum absolute atomic E-state index is 0.00718. The van der Waals surface area contributed by atoms with Crippen molar-refractivity contribution in [2.75, 3.05) is 0 Å². The van der Waals surface area contributed by atoms with E-state index in [0.717, 1.165) is 36.6 Å². The van der Waals surface area contributed by atoms with Crippen LogP contribution in [0.2, 0.25) is 0 Å². The number of rotatable bonds is 4. The zero-order valence-corrected chi connectivity index (χ0v) is 15.4. The van der Waals surface area contributed by atoms with E-state index in [1.807, 2.05) is 48.5 Å². The molecule has 1 aliphatic carbocycles. The van der Waals surface area contributed by atoms with Crippen LogP contribution in [0.4, 0.5) is 0 Å². The summed E-state index contributed by atoms with van der Waals surface area (Å²) in [6.45, 7) is -0.0445. The topological polar surface area (TPSA) is 84.5 Å². The molecule has 1 aliphatic rings. The summed E-state index contributed by atoms with van der Waals surface area (Å²) in [6, 6.07) is 16.8. The minimum atomic E-state index is -0.577. The molecule has 142 valence electrons. The van der Waals surface area contributed by atoms with E-state index < -0.39 is 5.56 Å². The number of para-hydroxylation sites is 1. The summed E-state index contributed by atoms with van der Waals surface area (Å²) in [5.41, 5.74) is 1.03. The number of aromatic nitrogens is 2. The molecule has 0 radical (unpaired) electrons. The number of ketones is 1. The van der Waals surface area contributed by atoms with Gasteiger partial charge in [-0.25, -0.2) is 4.98 Å². The van der Waals surface area contributed by atoms with Gasteiger partial charge in [0.15, 0.2) is 5.78 Å². The maximum Gasteiger partial charge on any atom is 0.299 e. The van der Waals surface area contributed by atoms with Gasteiger partial charge in [0.1, 0.15) is 0 Å². The molecule has 4 rings (SSSR count). The summed E-state index contributed by atoms with van der Waals surface area (Å²) in [4.78, 5) is 30.2. The Bertz CT molecular complexity index is 1150. The van der Waals surface area contributed by atoms with Crippen molar-refractivity contribution in [3.8, 4) is 11.3 Å². The molecule has 0 atom stereocenters. The van der Waals surface area contributed by atoms with E-state index in [9.17, 15) is 14.8 Å². The van der Waals surface area contributed by atoms with E-state index in [4.69, 9.17) is 0 Å². The van der Waals surface area contributed by atoms with Crippen LogP contribution >= 0.6 is 0 Å². The number of carbonyl (C=O) groups is 1. The Labute approximate surface area is 161 Å². The highest BCUT2D eigenvalue weighted by Crippen LogP contribution is 2.27. The number of fused-ring (bicyclic) bond motifs is 1. The third-order valence-corrected chi connectivity index (χ3v) is 5.37. The lowest BCUT2D eigenvalue weighted by molar-refractivity contribution is -0.123. The first kappa shape index (κ1) is 18.1. The summed E-state index contributed by atoms with van der Waals surface area (Å²) < 4.78 is 1.39. The molecule has 6 nitrogen and oxygen atoms in total. The average Bonchev–Trinajstić information content (AvgIpc) is 3.25. The van der Waals surface area contributed by atoms with Crippen molar-refractivity contribution in [2.24, 2.45) is 11.1 Å². The van der Waals surface area contributed by atoms with E-state index >= 15 is 0 Å². The first-order valence-electron chi connectivity index (χ1n) is 9.49. The Balaban J connectivity index is 1.99. The molecule has 1 heterocycles. The Morgan fingerprint density at radius 3 is 2.46 bits per heavy atom. The fourth-order valence-electron chi connectivity index (χ4n) is 3.92. The van der Waals surface area contributed by atoms with Gasteiger partial charge in [-0.05, 0) is 18.9 Å². The number of hydrogen-bond donors (Lipinski definition) is 1. The van der Waals surface area contributed by atoms with Gasteiger partial charge in [-0.3, -0.25) is 14.2 Å². The van der Waals surface area contributed by atoms with E-state index in [2.05, 4.69) is 10.1 Å². The second kappa shape index (κ2) is 7.76. The molecule has 0 aliphatic heterocycles. The normalized spacial score (nSPS) is 15.2. The smallest absolute Gasteiger partial charge is 0.299 e. The van der Waals surface area contributed by atoms with E-state index in [-0.39, 0.29) is 23.7 Å². The number of Topliss-reactive ketones (excluding diaryl/α,β-unsaturated/α-hetero) is 1. The zero-order chi connectivity index (χ0) is 19.5. The second-order valence-corrected chi connectivity index (χ2v) is 7.11. The summed E-state index contributed by atoms with van der Waals surface area (Å²) in [5.74, 6) is 0.0355. The molecule has 0 bridgehead atoms. The Morgan fingerprint density at radius 1 is 1.07 bits per heavy atom. The van der Waals surface area contributed by atoms with Crippen LogP contribution in [0.15, 0.2) is 64.5 Å². The van der Waals surface area contributed by atoms with Crippen molar-refractivity contribution < 1.29 is 10.0 Å². The van der Waals surface area contributed by atoms with Crippen molar-refractivity contribution in [3.63, 3.8) is 0 Å². The monoisotopic (exact) mass is 375 g/mol. The van der Waals surface area contributed by atoms with E-state index in [0.29, 0.717) is 11.2 Å². The van der Waals surface area contributed by atoms with Crippen LogP contribution in [0.3, 0.4) is 0 Å². The van der Waals surface area contributed by atoms with Crippen molar-refractivity contribution in [2.45, 2.75) is 32.2 Å². The van der Waals surface area contributed by atoms with Gasteiger partial charge < -0.3 is 5.21 Å². The van der Waals surface area contributed by atoms with E-state index in [1.54, 1.807) is 6.07 Å². The summed E-state index contributed by atoms with van der Waals surface area (Å²) in [5, 5.41) is 13.3. The third kappa shape index (κ3) is 3.33. The third-order valence-electron chi connectivity index (χ3n) is 5.37. The number of hydrogen-bond acceptors (Lipinski definition) is 5. The van der Waals surface area contributed by atoms with E-state index in [1.165, 1.54) is 4.57 Å². The Kier molecular flexibility index (Phi) is 5.02. The highest BCUT2D eigenvalue weighted by atomic mass is 16.4. The first-order chi connectivity index (χ1) is 13.7. The molecule has 0 spiro atoms. The molecule has 2 aromatic carbocycles. The van der Waals surface area contributed by atoms with Gasteiger partial charge in [0.25, 0.3) is 11.0 Å². The molecule has 3 aromatic rings.